The number of aryl methyl sites for hydroxylation is 2. The van der Waals surface area contributed by atoms with E-state index in [1.54, 1.807) is 0 Å². The fourth-order valence-electron chi connectivity index (χ4n) is 3.34. The zero-order valence-corrected chi connectivity index (χ0v) is 15.4. The SMILES string of the molecule is CCCC1(CCC)NC(=O)N(CC(=O)Nc2cc(C)ccc2C)C1=O. The molecule has 0 spiro atoms. The summed E-state index contributed by atoms with van der Waals surface area (Å²) >= 11 is 0. The van der Waals surface area contributed by atoms with Crippen molar-refractivity contribution in [2.75, 3.05) is 11.9 Å². The summed E-state index contributed by atoms with van der Waals surface area (Å²) in [6, 6.07) is 5.28. The highest BCUT2D eigenvalue weighted by Crippen LogP contribution is 2.28. The van der Waals surface area contributed by atoms with Crippen LogP contribution >= 0.6 is 0 Å². The van der Waals surface area contributed by atoms with Crippen LogP contribution in [0.1, 0.15) is 50.7 Å². The molecule has 0 bridgehead atoms. The highest BCUT2D eigenvalue weighted by molar-refractivity contribution is 6.10. The number of nitrogens with zero attached hydrogens (tertiary/aromatic N) is 1. The Hall–Kier alpha value is -2.37. The van der Waals surface area contributed by atoms with Crippen molar-refractivity contribution >= 4 is 23.5 Å². The van der Waals surface area contributed by atoms with Crippen LogP contribution in [-0.2, 0) is 9.59 Å². The molecule has 0 aliphatic carbocycles. The van der Waals surface area contributed by atoms with Gasteiger partial charge in [0.1, 0.15) is 12.1 Å². The molecule has 136 valence electrons. The molecular formula is C19H27N3O3. The summed E-state index contributed by atoms with van der Waals surface area (Å²) in [6.07, 6.45) is 2.74. The summed E-state index contributed by atoms with van der Waals surface area (Å²) < 4.78 is 0. The van der Waals surface area contributed by atoms with E-state index in [1.165, 1.54) is 0 Å². The summed E-state index contributed by atoms with van der Waals surface area (Å²) in [5.41, 5.74) is 1.80. The van der Waals surface area contributed by atoms with Gasteiger partial charge in [0, 0.05) is 5.69 Å². The lowest BCUT2D eigenvalue weighted by molar-refractivity contribution is -0.134. The maximum atomic E-state index is 12.8. The number of carbonyl (C=O) groups is 3. The van der Waals surface area contributed by atoms with Crippen LogP contribution in [0.5, 0.6) is 0 Å². The van der Waals surface area contributed by atoms with Gasteiger partial charge in [-0.2, -0.15) is 0 Å². The van der Waals surface area contributed by atoms with Gasteiger partial charge in [-0.3, -0.25) is 14.5 Å². The maximum Gasteiger partial charge on any atom is 0.325 e. The number of urea groups is 1. The zero-order chi connectivity index (χ0) is 18.6. The van der Waals surface area contributed by atoms with Gasteiger partial charge in [-0.25, -0.2) is 4.79 Å². The lowest BCUT2D eigenvalue weighted by atomic mass is 9.88. The Morgan fingerprint density at radius 1 is 1.16 bits per heavy atom. The molecule has 1 aliphatic rings. The minimum Gasteiger partial charge on any atom is -0.324 e. The second kappa shape index (κ2) is 7.68. The number of hydrogen-bond donors (Lipinski definition) is 2. The van der Waals surface area contributed by atoms with E-state index in [0.717, 1.165) is 28.9 Å². The molecule has 1 aromatic carbocycles. The Labute approximate surface area is 149 Å². The van der Waals surface area contributed by atoms with Crippen molar-refractivity contribution in [1.29, 1.82) is 0 Å². The van der Waals surface area contributed by atoms with Crippen molar-refractivity contribution in [2.45, 2.75) is 58.9 Å². The van der Waals surface area contributed by atoms with Gasteiger partial charge in [0.05, 0.1) is 0 Å². The molecule has 1 heterocycles. The van der Waals surface area contributed by atoms with Crippen LogP contribution in [0.25, 0.3) is 0 Å². The molecule has 6 heteroatoms. The number of imide groups is 1. The van der Waals surface area contributed by atoms with Crippen molar-refractivity contribution in [3.8, 4) is 0 Å². The van der Waals surface area contributed by atoms with Crippen molar-refractivity contribution in [1.82, 2.24) is 10.2 Å². The third-order valence-corrected chi connectivity index (χ3v) is 4.57. The number of anilines is 1. The Balaban J connectivity index is 2.11. The first kappa shape index (κ1) is 19.0. The summed E-state index contributed by atoms with van der Waals surface area (Å²) in [6.45, 7) is 7.53. The van der Waals surface area contributed by atoms with Gasteiger partial charge in [-0.05, 0) is 43.9 Å². The van der Waals surface area contributed by atoms with Crippen molar-refractivity contribution in [3.05, 3.63) is 29.3 Å². The molecule has 0 unspecified atom stereocenters. The summed E-state index contributed by atoms with van der Waals surface area (Å²) in [7, 11) is 0. The molecule has 1 saturated heterocycles. The molecule has 6 nitrogen and oxygen atoms in total. The normalized spacial score (nSPS) is 16.1. The quantitative estimate of drug-likeness (QED) is 0.745. The van der Waals surface area contributed by atoms with E-state index < -0.39 is 11.6 Å². The van der Waals surface area contributed by atoms with E-state index >= 15 is 0 Å². The molecular weight excluding hydrogens is 318 g/mol. The number of benzene rings is 1. The monoisotopic (exact) mass is 345 g/mol. The third kappa shape index (κ3) is 4.00. The molecule has 0 aromatic heterocycles. The van der Waals surface area contributed by atoms with Gasteiger partial charge in [0.25, 0.3) is 5.91 Å². The predicted octanol–water partition coefficient (Wildman–Crippen LogP) is 3.13. The molecule has 2 N–H and O–H groups in total. The summed E-state index contributed by atoms with van der Waals surface area (Å²) in [5.74, 6) is -0.668. The maximum absolute atomic E-state index is 12.8. The topological polar surface area (TPSA) is 78.5 Å². The molecule has 1 aliphatic heterocycles. The minimum atomic E-state index is -0.861. The van der Waals surface area contributed by atoms with Crippen molar-refractivity contribution in [3.63, 3.8) is 0 Å². The van der Waals surface area contributed by atoms with Crippen molar-refractivity contribution < 1.29 is 14.4 Å². The van der Waals surface area contributed by atoms with Crippen LogP contribution in [0, 0.1) is 13.8 Å². The Morgan fingerprint density at radius 3 is 2.40 bits per heavy atom. The Bertz CT molecular complexity index is 678. The minimum absolute atomic E-state index is 0.271. The van der Waals surface area contributed by atoms with Gasteiger partial charge >= 0.3 is 6.03 Å². The van der Waals surface area contributed by atoms with Crippen LogP contribution in [0.2, 0.25) is 0 Å². The average Bonchev–Trinajstić information content (AvgIpc) is 2.76. The van der Waals surface area contributed by atoms with Gasteiger partial charge in [0.15, 0.2) is 0 Å². The van der Waals surface area contributed by atoms with E-state index in [-0.39, 0.29) is 18.4 Å². The van der Waals surface area contributed by atoms with Crippen LogP contribution in [0.15, 0.2) is 18.2 Å². The molecule has 25 heavy (non-hydrogen) atoms. The van der Waals surface area contributed by atoms with E-state index in [2.05, 4.69) is 10.6 Å². The van der Waals surface area contributed by atoms with E-state index in [9.17, 15) is 14.4 Å². The van der Waals surface area contributed by atoms with Crippen LogP contribution in [0.4, 0.5) is 10.5 Å². The number of hydrogen-bond acceptors (Lipinski definition) is 3. The highest BCUT2D eigenvalue weighted by atomic mass is 16.2. The van der Waals surface area contributed by atoms with Crippen LogP contribution < -0.4 is 10.6 Å². The summed E-state index contributed by atoms with van der Waals surface area (Å²) in [5, 5.41) is 5.61. The molecule has 1 fully saturated rings. The van der Waals surface area contributed by atoms with E-state index in [1.807, 2.05) is 45.9 Å². The molecule has 4 amide bonds. The number of nitrogens with one attached hydrogen (secondary N) is 2. The lowest BCUT2D eigenvalue weighted by Gasteiger charge is -2.25. The average molecular weight is 345 g/mol. The first-order chi connectivity index (χ1) is 11.8. The molecule has 2 rings (SSSR count). The first-order valence-corrected chi connectivity index (χ1v) is 8.84. The van der Waals surface area contributed by atoms with E-state index in [0.29, 0.717) is 18.5 Å². The van der Waals surface area contributed by atoms with E-state index in [4.69, 9.17) is 0 Å². The second-order valence-corrected chi connectivity index (χ2v) is 6.77. The number of amides is 4. The third-order valence-electron chi connectivity index (χ3n) is 4.57. The smallest absolute Gasteiger partial charge is 0.324 e. The predicted molar refractivity (Wildman–Crippen MR) is 97.3 cm³/mol. The zero-order valence-electron chi connectivity index (χ0n) is 15.4. The fourth-order valence-corrected chi connectivity index (χ4v) is 3.34. The van der Waals surface area contributed by atoms with Gasteiger partial charge in [0.2, 0.25) is 5.91 Å². The van der Waals surface area contributed by atoms with Gasteiger partial charge < -0.3 is 10.6 Å². The largest absolute Gasteiger partial charge is 0.325 e. The fraction of sp³-hybridized carbons (Fsp3) is 0.526. The number of carbonyl (C=O) groups excluding carboxylic acids is 3. The van der Waals surface area contributed by atoms with Crippen LogP contribution in [-0.4, -0.2) is 34.8 Å². The van der Waals surface area contributed by atoms with Crippen LogP contribution in [0.3, 0.4) is 0 Å². The first-order valence-electron chi connectivity index (χ1n) is 8.84. The standard InChI is InChI=1S/C19H27N3O3/c1-5-9-19(10-6-2)17(24)22(18(25)21-19)12-16(23)20-15-11-13(3)7-8-14(15)4/h7-8,11H,5-6,9-10,12H2,1-4H3,(H,20,23)(H,21,25). The van der Waals surface area contributed by atoms with Crippen molar-refractivity contribution in [2.24, 2.45) is 0 Å². The highest BCUT2D eigenvalue weighted by Gasteiger charge is 2.50. The lowest BCUT2D eigenvalue weighted by Crippen LogP contribution is -2.47. The number of rotatable bonds is 7. The molecule has 0 radical (unpaired) electrons. The Kier molecular flexibility index (Phi) is 5.82. The second-order valence-electron chi connectivity index (χ2n) is 6.77. The van der Waals surface area contributed by atoms with Gasteiger partial charge in [-0.15, -0.1) is 0 Å². The molecule has 1 aromatic rings. The van der Waals surface area contributed by atoms with Gasteiger partial charge in [-0.1, -0.05) is 38.8 Å². The molecule has 0 saturated carbocycles. The Morgan fingerprint density at radius 2 is 1.80 bits per heavy atom. The summed E-state index contributed by atoms with van der Waals surface area (Å²) in [4.78, 5) is 38.5. The molecule has 0 atom stereocenters.